The van der Waals surface area contributed by atoms with Gasteiger partial charge in [0.1, 0.15) is 0 Å². The fraction of sp³-hybridized carbons (Fsp3) is 0.273. The van der Waals surface area contributed by atoms with Crippen molar-refractivity contribution in [3.05, 3.63) is 82.1 Å². The first kappa shape index (κ1) is 17.5. The second-order valence-corrected chi connectivity index (χ2v) is 6.90. The molecule has 5 nitrogen and oxygen atoms in total. The lowest BCUT2D eigenvalue weighted by atomic mass is 10.1. The van der Waals surface area contributed by atoms with Crippen LogP contribution in [0.15, 0.2) is 65.5 Å². The number of nitrogens with one attached hydrogen (secondary N) is 1. The number of carbonyl (C=O) groups excluding carboxylic acids is 1. The number of ether oxygens (including phenoxy) is 1. The number of aromatic amines is 1. The maximum absolute atomic E-state index is 13.1. The minimum Gasteiger partial charge on any atom is -0.376 e. The molecule has 27 heavy (non-hydrogen) atoms. The molecule has 5 heteroatoms. The lowest BCUT2D eigenvalue weighted by Crippen LogP contribution is -2.38. The normalized spacial score (nSPS) is 16.5. The summed E-state index contributed by atoms with van der Waals surface area (Å²) in [6, 6.07) is 18.7. The first-order valence-corrected chi connectivity index (χ1v) is 9.27. The summed E-state index contributed by atoms with van der Waals surface area (Å²) < 4.78 is 5.73. The van der Waals surface area contributed by atoms with E-state index in [1.54, 1.807) is 17.0 Å². The van der Waals surface area contributed by atoms with Gasteiger partial charge in [-0.2, -0.15) is 0 Å². The Morgan fingerprint density at radius 3 is 2.67 bits per heavy atom. The van der Waals surface area contributed by atoms with Crippen molar-refractivity contribution in [3.8, 4) is 0 Å². The van der Waals surface area contributed by atoms with E-state index in [0.717, 1.165) is 30.4 Å². The van der Waals surface area contributed by atoms with Crippen LogP contribution in [0.2, 0.25) is 0 Å². The number of aromatic nitrogens is 1. The molecule has 0 radical (unpaired) electrons. The molecule has 0 aliphatic carbocycles. The van der Waals surface area contributed by atoms with Gasteiger partial charge < -0.3 is 14.6 Å². The molecule has 0 bridgehead atoms. The van der Waals surface area contributed by atoms with Crippen LogP contribution in [0.3, 0.4) is 0 Å². The van der Waals surface area contributed by atoms with Crippen molar-refractivity contribution >= 4 is 16.8 Å². The molecule has 2 heterocycles. The summed E-state index contributed by atoms with van der Waals surface area (Å²) in [4.78, 5) is 30.2. The van der Waals surface area contributed by atoms with E-state index < -0.39 is 0 Å². The van der Waals surface area contributed by atoms with Gasteiger partial charge >= 0.3 is 0 Å². The predicted octanol–water partition coefficient (Wildman–Crippen LogP) is 3.35. The van der Waals surface area contributed by atoms with E-state index in [2.05, 4.69) is 4.98 Å². The third kappa shape index (κ3) is 3.93. The number of rotatable bonds is 5. The largest absolute Gasteiger partial charge is 0.376 e. The first-order chi connectivity index (χ1) is 13.2. The molecule has 1 fully saturated rings. The number of hydrogen-bond acceptors (Lipinski definition) is 3. The summed E-state index contributed by atoms with van der Waals surface area (Å²) in [5.41, 5.74) is 1.84. The highest BCUT2D eigenvalue weighted by molar-refractivity contribution is 5.94. The van der Waals surface area contributed by atoms with Gasteiger partial charge in [-0.3, -0.25) is 9.59 Å². The van der Waals surface area contributed by atoms with Crippen LogP contribution in [-0.2, 0) is 11.3 Å². The Morgan fingerprint density at radius 1 is 1.11 bits per heavy atom. The van der Waals surface area contributed by atoms with E-state index in [0.29, 0.717) is 17.7 Å². The van der Waals surface area contributed by atoms with Crippen LogP contribution in [0.25, 0.3) is 10.9 Å². The van der Waals surface area contributed by atoms with Crippen LogP contribution in [0.5, 0.6) is 0 Å². The number of benzene rings is 2. The number of nitrogens with zero attached hydrogens (tertiary/aromatic N) is 1. The van der Waals surface area contributed by atoms with Gasteiger partial charge in [0.15, 0.2) is 0 Å². The summed E-state index contributed by atoms with van der Waals surface area (Å²) in [5.74, 6) is -0.0846. The molecule has 4 rings (SSSR count). The Hall–Kier alpha value is -2.92. The molecule has 0 spiro atoms. The Bertz CT molecular complexity index is 991. The van der Waals surface area contributed by atoms with Crippen molar-refractivity contribution in [1.29, 1.82) is 0 Å². The molecule has 1 N–H and O–H groups in total. The van der Waals surface area contributed by atoms with Crippen LogP contribution < -0.4 is 5.56 Å². The fourth-order valence-electron chi connectivity index (χ4n) is 3.53. The van der Waals surface area contributed by atoms with Gasteiger partial charge in [0.2, 0.25) is 0 Å². The summed E-state index contributed by atoms with van der Waals surface area (Å²) in [7, 11) is 0. The van der Waals surface area contributed by atoms with Crippen LogP contribution in [0, 0.1) is 0 Å². The van der Waals surface area contributed by atoms with Crippen molar-refractivity contribution in [2.75, 3.05) is 13.2 Å². The summed E-state index contributed by atoms with van der Waals surface area (Å²) in [6.07, 6.45) is 1.97. The molecule has 1 aliphatic rings. The monoisotopic (exact) mass is 362 g/mol. The van der Waals surface area contributed by atoms with Crippen molar-refractivity contribution in [2.45, 2.75) is 25.5 Å². The summed E-state index contributed by atoms with van der Waals surface area (Å²) in [5, 5.41) is 0.955. The average Bonchev–Trinajstić information content (AvgIpc) is 3.21. The van der Waals surface area contributed by atoms with Gasteiger partial charge in [-0.1, -0.05) is 36.4 Å². The van der Waals surface area contributed by atoms with Crippen molar-refractivity contribution < 1.29 is 9.53 Å². The van der Waals surface area contributed by atoms with Crippen molar-refractivity contribution in [2.24, 2.45) is 0 Å². The molecule has 1 unspecified atom stereocenters. The third-order valence-electron chi connectivity index (χ3n) is 4.95. The second kappa shape index (κ2) is 7.76. The van der Waals surface area contributed by atoms with E-state index in [1.807, 2.05) is 48.5 Å². The Morgan fingerprint density at radius 2 is 1.89 bits per heavy atom. The first-order valence-electron chi connectivity index (χ1n) is 9.27. The molecular weight excluding hydrogens is 340 g/mol. The zero-order valence-electron chi connectivity index (χ0n) is 15.1. The second-order valence-electron chi connectivity index (χ2n) is 6.90. The van der Waals surface area contributed by atoms with Crippen LogP contribution in [0.1, 0.15) is 28.8 Å². The molecule has 1 saturated heterocycles. The van der Waals surface area contributed by atoms with Crippen LogP contribution in [-0.4, -0.2) is 35.0 Å². The van der Waals surface area contributed by atoms with Crippen molar-refractivity contribution in [1.82, 2.24) is 9.88 Å². The number of amides is 1. The molecule has 0 saturated carbocycles. The smallest absolute Gasteiger partial charge is 0.254 e. The minimum atomic E-state index is -0.160. The Kier molecular flexibility index (Phi) is 5.03. The van der Waals surface area contributed by atoms with Crippen LogP contribution >= 0.6 is 0 Å². The summed E-state index contributed by atoms with van der Waals surface area (Å²) in [6.45, 7) is 1.47. The number of pyridine rings is 1. The van der Waals surface area contributed by atoms with Crippen molar-refractivity contribution in [3.63, 3.8) is 0 Å². The zero-order valence-corrected chi connectivity index (χ0v) is 15.1. The minimum absolute atomic E-state index is 0.0252. The molecule has 1 atom stereocenters. The fourth-order valence-corrected chi connectivity index (χ4v) is 3.53. The number of fused-ring (bicyclic) bond motifs is 1. The van der Waals surface area contributed by atoms with E-state index >= 15 is 0 Å². The lowest BCUT2D eigenvalue weighted by Gasteiger charge is -2.25. The predicted molar refractivity (Wildman–Crippen MR) is 105 cm³/mol. The lowest BCUT2D eigenvalue weighted by molar-refractivity contribution is 0.0506. The van der Waals surface area contributed by atoms with Gasteiger partial charge in [-0.25, -0.2) is 0 Å². The number of carbonyl (C=O) groups is 1. The summed E-state index contributed by atoms with van der Waals surface area (Å²) >= 11 is 0. The molecule has 1 aliphatic heterocycles. The molecule has 2 aromatic carbocycles. The molecule has 138 valence electrons. The molecular formula is C22H22N2O3. The van der Waals surface area contributed by atoms with Gasteiger partial charge in [0.25, 0.3) is 11.5 Å². The van der Waals surface area contributed by atoms with E-state index in [1.165, 1.54) is 0 Å². The maximum atomic E-state index is 13.1. The maximum Gasteiger partial charge on any atom is 0.254 e. The Balaban J connectivity index is 1.65. The highest BCUT2D eigenvalue weighted by Gasteiger charge is 2.24. The van der Waals surface area contributed by atoms with Gasteiger partial charge in [0, 0.05) is 29.8 Å². The standard InChI is InChI=1S/C22H22N2O3/c25-21-18(13-17-9-4-5-11-20(17)23-21)14-24(15-19-10-6-12-27-19)22(26)16-7-2-1-3-8-16/h1-5,7-9,11,13,19H,6,10,12,14-15H2,(H,23,25). The zero-order chi connectivity index (χ0) is 18.6. The number of hydrogen-bond donors (Lipinski definition) is 1. The molecule has 1 aromatic heterocycles. The van der Waals surface area contributed by atoms with Crippen LogP contribution in [0.4, 0.5) is 0 Å². The topological polar surface area (TPSA) is 62.4 Å². The number of para-hydroxylation sites is 1. The van der Waals surface area contributed by atoms with E-state index in [-0.39, 0.29) is 24.1 Å². The van der Waals surface area contributed by atoms with Gasteiger partial charge in [0.05, 0.1) is 12.6 Å². The SMILES string of the molecule is O=C(c1ccccc1)N(Cc1cc2ccccc2[nH]c1=O)CC1CCCO1. The average molecular weight is 362 g/mol. The van der Waals surface area contributed by atoms with E-state index in [4.69, 9.17) is 4.74 Å². The molecule has 3 aromatic rings. The molecule has 1 amide bonds. The quantitative estimate of drug-likeness (QED) is 0.757. The van der Waals surface area contributed by atoms with Gasteiger partial charge in [-0.15, -0.1) is 0 Å². The Labute approximate surface area is 157 Å². The third-order valence-corrected chi connectivity index (χ3v) is 4.95. The number of H-pyrrole nitrogens is 1. The highest BCUT2D eigenvalue weighted by Crippen LogP contribution is 2.18. The van der Waals surface area contributed by atoms with E-state index in [9.17, 15) is 9.59 Å². The highest BCUT2D eigenvalue weighted by atomic mass is 16.5. The van der Waals surface area contributed by atoms with Gasteiger partial charge in [-0.05, 0) is 42.5 Å².